The van der Waals surface area contributed by atoms with Crippen molar-refractivity contribution in [3.05, 3.63) is 289 Å². The van der Waals surface area contributed by atoms with Crippen molar-refractivity contribution in [3.63, 3.8) is 0 Å². The molecule has 0 radical (unpaired) electrons. The van der Waals surface area contributed by atoms with E-state index in [0.717, 1.165) is 126 Å². The second-order valence-corrected chi connectivity index (χ2v) is 23.1. The van der Waals surface area contributed by atoms with Crippen LogP contribution in [-0.4, -0.2) is 23.1 Å². The van der Waals surface area contributed by atoms with Gasteiger partial charge in [-0.1, -0.05) is 32.9 Å². The predicted molar refractivity (Wildman–Crippen MR) is 337 cm³/mol. The molecule has 0 saturated heterocycles. The van der Waals surface area contributed by atoms with E-state index in [2.05, 4.69) is 325 Å². The van der Waals surface area contributed by atoms with Gasteiger partial charge in [0.05, 0.1) is 0 Å². The Bertz CT molecular complexity index is 4990. The summed E-state index contributed by atoms with van der Waals surface area (Å²) in [6.07, 6.45) is 1.91. The van der Waals surface area contributed by atoms with Crippen LogP contribution in [0.15, 0.2) is 267 Å². The number of para-hydroxylation sites is 4. The Morgan fingerprint density at radius 3 is 1.52 bits per heavy atom. The number of nitrogens with zero attached hydrogens (tertiary/aromatic N) is 5. The molecule has 0 aliphatic carbocycles. The van der Waals surface area contributed by atoms with E-state index in [1.165, 1.54) is 5.56 Å². The summed E-state index contributed by atoms with van der Waals surface area (Å²) >= 11 is 2.57. The molecule has 0 amide bonds. The minimum absolute atomic E-state index is 0.0699. The number of ether oxygens (including phenoxy) is 1. The molecule has 15 rings (SSSR count). The fraction of sp³-hybridized carbons (Fsp3) is 0.0526. The van der Waals surface area contributed by atoms with Crippen molar-refractivity contribution < 1.29 is 24.1 Å². The Morgan fingerprint density at radius 1 is 0.398 bits per heavy atom. The van der Waals surface area contributed by atoms with Crippen molar-refractivity contribution >= 4 is 60.2 Å². The Hall–Kier alpha value is -9.87. The number of imidazole rings is 1. The summed E-state index contributed by atoms with van der Waals surface area (Å²) in [4.78, 5) is 4.97. The summed E-state index contributed by atoms with van der Waals surface area (Å²) in [5.41, 5.74) is 19.0. The monoisotopic (exact) mass is 1250 g/mol. The van der Waals surface area contributed by atoms with Gasteiger partial charge in [-0.3, -0.25) is 0 Å². The molecule has 0 saturated carbocycles. The SMILES string of the molecule is CC(C)(C)c1ccnc(-n2c3[c-]c(Oc4[c-]c5c(cc4)n(-c4cc(-c6ccccc6)cc(-c6ccccc6)c4)c4ccccc4c4cccc6c4n5[c](=[Pt])n6-c4c(-c5ccccc5)cccc4-c4ccccc4)ccc3c3ccccc32)c1. The second kappa shape index (κ2) is 20.3. The molecule has 0 fully saturated rings. The van der Waals surface area contributed by atoms with Gasteiger partial charge in [0.15, 0.2) is 0 Å². The van der Waals surface area contributed by atoms with E-state index >= 15 is 0 Å². The average molecular weight is 1250 g/mol. The van der Waals surface area contributed by atoms with E-state index in [0.29, 0.717) is 11.5 Å². The number of rotatable bonds is 9. The molecule has 0 aliphatic rings. The Balaban J connectivity index is 1.06. The maximum absolute atomic E-state index is 7.14. The number of benzene rings is 11. The van der Waals surface area contributed by atoms with Crippen LogP contribution in [0, 0.1) is 15.9 Å². The summed E-state index contributed by atoms with van der Waals surface area (Å²) in [5.74, 6) is 1.94. The van der Waals surface area contributed by atoms with Crippen LogP contribution in [0.2, 0.25) is 0 Å². The van der Waals surface area contributed by atoms with Crippen LogP contribution in [0.4, 0.5) is 0 Å². The molecule has 11 aromatic carbocycles. The molecular formula is C76H53N5OPt-2. The van der Waals surface area contributed by atoms with Crippen LogP contribution >= 0.6 is 0 Å². The molecule has 83 heavy (non-hydrogen) atoms. The van der Waals surface area contributed by atoms with Gasteiger partial charge in [-0.15, -0.1) is 0 Å². The Labute approximate surface area is 492 Å². The number of hydrogen-bond acceptors (Lipinski definition) is 2. The van der Waals surface area contributed by atoms with Gasteiger partial charge in [-0.05, 0) is 17.0 Å². The number of fused-ring (bicyclic) bond motifs is 7. The number of pyridine rings is 1. The molecule has 4 aromatic heterocycles. The topological polar surface area (TPSA) is 41.3 Å². The molecular weight excluding hydrogens is 1190 g/mol. The van der Waals surface area contributed by atoms with Gasteiger partial charge in [0.1, 0.15) is 0 Å². The average Bonchev–Trinajstić information content (AvgIpc) is 3.47. The molecule has 0 atom stereocenters. The zero-order chi connectivity index (χ0) is 55.8. The molecule has 0 unspecified atom stereocenters. The van der Waals surface area contributed by atoms with Gasteiger partial charge in [-0.2, -0.15) is 0 Å². The van der Waals surface area contributed by atoms with Crippen LogP contribution in [0.3, 0.4) is 0 Å². The zero-order valence-electron chi connectivity index (χ0n) is 45.9. The molecule has 0 spiro atoms. The Kier molecular flexibility index (Phi) is 12.2. The van der Waals surface area contributed by atoms with Crippen LogP contribution in [-0.2, 0) is 24.8 Å². The van der Waals surface area contributed by atoms with Gasteiger partial charge in [0.25, 0.3) is 0 Å². The van der Waals surface area contributed by atoms with Crippen LogP contribution in [0.5, 0.6) is 11.5 Å². The van der Waals surface area contributed by atoms with Crippen molar-refractivity contribution in [1.29, 1.82) is 0 Å². The zero-order valence-corrected chi connectivity index (χ0v) is 48.1. The molecule has 0 bridgehead atoms. The molecule has 0 aliphatic heterocycles. The predicted octanol–water partition coefficient (Wildman–Crippen LogP) is 19.5. The van der Waals surface area contributed by atoms with Crippen LogP contribution < -0.4 is 4.74 Å². The van der Waals surface area contributed by atoms with Crippen molar-refractivity contribution in [2.45, 2.75) is 26.2 Å². The summed E-state index contributed by atoms with van der Waals surface area (Å²) in [7, 11) is 0. The summed E-state index contributed by atoms with van der Waals surface area (Å²) < 4.78 is 17.6. The Morgan fingerprint density at radius 2 is 0.904 bits per heavy atom. The third-order valence-corrected chi connectivity index (χ3v) is 17.1. The minimum atomic E-state index is -0.0699. The molecule has 7 heteroatoms. The normalized spacial score (nSPS) is 11.9. The maximum atomic E-state index is 7.14. The molecule has 400 valence electrons. The number of hydrogen-bond donors (Lipinski definition) is 0. The summed E-state index contributed by atoms with van der Waals surface area (Å²) in [5, 5.41) is 4.37. The van der Waals surface area contributed by atoms with Gasteiger partial charge in [0, 0.05) is 6.20 Å². The quantitative estimate of drug-likeness (QED) is 0.135. The first-order valence-electron chi connectivity index (χ1n) is 28.0. The van der Waals surface area contributed by atoms with E-state index in [-0.39, 0.29) is 5.41 Å². The van der Waals surface area contributed by atoms with Crippen molar-refractivity contribution in [3.8, 4) is 73.2 Å². The van der Waals surface area contributed by atoms with Crippen LogP contribution in [0.25, 0.3) is 122 Å². The van der Waals surface area contributed by atoms with Crippen molar-refractivity contribution in [2.24, 2.45) is 0 Å². The molecule has 15 aromatic rings. The molecule has 4 heterocycles. The van der Waals surface area contributed by atoms with E-state index in [1.54, 1.807) is 0 Å². The standard InChI is InChI=1S/C76H53N5O.Pt/c1-76(2,3)57-42-43-77-73(47-57)81-68-36-19-16-30-63(68)65-40-38-59(48-71(65)81)82-60-39-41-69-72(49-60)79-50-78(74-61(53-26-12-6-13-27-53)32-20-33-62(74)54-28-14-7-15-29-54)70-37-21-34-66(75(70)79)64-31-17-18-35-67(64)80(69)58-45-55(51-22-8-4-9-23-51)44-56(46-58)52-24-10-5-11-25-52;/h4-47H,1-3H3;/q-2;. The summed E-state index contributed by atoms with van der Waals surface area (Å²) in [6.45, 7) is 6.71. The first-order chi connectivity index (χ1) is 40.7. The first kappa shape index (κ1) is 50.1. The van der Waals surface area contributed by atoms with E-state index < -0.39 is 0 Å². The van der Waals surface area contributed by atoms with Crippen molar-refractivity contribution in [2.75, 3.05) is 0 Å². The first-order valence-corrected chi connectivity index (χ1v) is 29.2. The van der Waals surface area contributed by atoms with Gasteiger partial charge < -0.3 is 0 Å². The second-order valence-electron chi connectivity index (χ2n) is 22.1. The molecule has 0 N–H and O–H groups in total. The fourth-order valence-electron chi connectivity index (χ4n) is 12.1. The fourth-order valence-corrected chi connectivity index (χ4v) is 13.2. The summed E-state index contributed by atoms with van der Waals surface area (Å²) in [6, 6.07) is 101. The third kappa shape index (κ3) is 8.68. The van der Waals surface area contributed by atoms with Gasteiger partial charge in [-0.25, -0.2) is 0 Å². The molecule has 6 nitrogen and oxygen atoms in total. The van der Waals surface area contributed by atoms with Crippen molar-refractivity contribution in [1.82, 2.24) is 23.1 Å². The van der Waals surface area contributed by atoms with E-state index in [4.69, 9.17) is 9.72 Å². The number of aromatic nitrogens is 5. The van der Waals surface area contributed by atoms with E-state index in [9.17, 15) is 0 Å². The van der Waals surface area contributed by atoms with Gasteiger partial charge in [0.2, 0.25) is 0 Å². The van der Waals surface area contributed by atoms with Gasteiger partial charge >= 0.3 is 439 Å². The third-order valence-electron chi connectivity index (χ3n) is 16.0. The van der Waals surface area contributed by atoms with E-state index in [1.807, 2.05) is 12.3 Å². The van der Waals surface area contributed by atoms with Crippen LogP contribution in [0.1, 0.15) is 26.3 Å².